The van der Waals surface area contributed by atoms with Crippen LogP contribution < -0.4 is 5.32 Å². The Balaban J connectivity index is 2.68. The van der Waals surface area contributed by atoms with E-state index in [4.69, 9.17) is 4.74 Å². The Morgan fingerprint density at radius 3 is 2.47 bits per heavy atom. The van der Waals surface area contributed by atoms with Gasteiger partial charge in [-0.25, -0.2) is 0 Å². The summed E-state index contributed by atoms with van der Waals surface area (Å²) in [6.07, 6.45) is 12.1. The average molecular weight is 265 g/mol. The van der Waals surface area contributed by atoms with Crippen LogP contribution in [0.4, 0.5) is 0 Å². The minimum atomic E-state index is 0.228. The standard InChI is InChI=1S/C16H27NO2/c1-4-9-13(16(18)15(5-2)19-3)12-17-14-10-7-6-8-11-14/h4-5,9,14,17-18H,6-8,10-12H2,1-3H3/b9-4-,15-5+,16-13-. The van der Waals surface area contributed by atoms with Gasteiger partial charge in [0.1, 0.15) is 0 Å². The highest BCUT2D eigenvalue weighted by Crippen LogP contribution is 2.19. The van der Waals surface area contributed by atoms with Gasteiger partial charge in [0.05, 0.1) is 7.11 Å². The van der Waals surface area contributed by atoms with Gasteiger partial charge in [-0.3, -0.25) is 0 Å². The van der Waals surface area contributed by atoms with Crippen LogP contribution in [0.2, 0.25) is 0 Å². The molecular weight excluding hydrogens is 238 g/mol. The summed E-state index contributed by atoms with van der Waals surface area (Å²) in [5.41, 5.74) is 0.878. The maximum Gasteiger partial charge on any atom is 0.161 e. The smallest absolute Gasteiger partial charge is 0.161 e. The molecule has 19 heavy (non-hydrogen) atoms. The first-order valence-corrected chi connectivity index (χ1v) is 7.21. The SMILES string of the molecule is C\C=C/C(CNC1CCCCC1)=C(O)\C(=C/C)OC. The predicted molar refractivity (Wildman–Crippen MR) is 80.1 cm³/mol. The Labute approximate surface area is 117 Å². The van der Waals surface area contributed by atoms with E-state index in [-0.39, 0.29) is 5.76 Å². The molecule has 0 unspecified atom stereocenters. The van der Waals surface area contributed by atoms with Crippen molar-refractivity contribution in [3.63, 3.8) is 0 Å². The van der Waals surface area contributed by atoms with Crippen molar-refractivity contribution in [2.24, 2.45) is 0 Å². The van der Waals surface area contributed by atoms with Gasteiger partial charge in [-0.2, -0.15) is 0 Å². The molecule has 0 spiro atoms. The first-order chi connectivity index (χ1) is 9.22. The van der Waals surface area contributed by atoms with Crippen LogP contribution in [0.25, 0.3) is 0 Å². The van der Waals surface area contributed by atoms with E-state index < -0.39 is 0 Å². The van der Waals surface area contributed by atoms with Crippen LogP contribution >= 0.6 is 0 Å². The third-order valence-electron chi connectivity index (χ3n) is 3.57. The number of rotatable bonds is 6. The fourth-order valence-corrected chi connectivity index (χ4v) is 2.49. The maximum absolute atomic E-state index is 10.2. The van der Waals surface area contributed by atoms with Crippen LogP contribution in [-0.4, -0.2) is 24.8 Å². The van der Waals surface area contributed by atoms with Crippen LogP contribution in [0.3, 0.4) is 0 Å². The minimum Gasteiger partial charge on any atom is -0.504 e. The lowest BCUT2D eigenvalue weighted by atomic mass is 9.95. The molecule has 0 atom stereocenters. The van der Waals surface area contributed by atoms with Crippen LogP contribution in [0.15, 0.2) is 35.3 Å². The number of methoxy groups -OCH3 is 1. The van der Waals surface area contributed by atoms with E-state index in [0.717, 1.165) is 5.57 Å². The summed E-state index contributed by atoms with van der Waals surface area (Å²) in [7, 11) is 1.58. The lowest BCUT2D eigenvalue weighted by Gasteiger charge is -2.23. The molecule has 0 aliphatic heterocycles. The number of nitrogens with one attached hydrogen (secondary N) is 1. The highest BCUT2D eigenvalue weighted by molar-refractivity contribution is 5.33. The molecule has 1 aliphatic rings. The zero-order chi connectivity index (χ0) is 14.1. The topological polar surface area (TPSA) is 41.5 Å². The van der Waals surface area contributed by atoms with Crippen LogP contribution in [0.5, 0.6) is 0 Å². The molecule has 0 bridgehead atoms. The van der Waals surface area contributed by atoms with Crippen molar-refractivity contribution < 1.29 is 9.84 Å². The Hall–Kier alpha value is -1.22. The van der Waals surface area contributed by atoms with E-state index in [1.165, 1.54) is 32.1 Å². The molecule has 1 aliphatic carbocycles. The summed E-state index contributed by atoms with van der Waals surface area (Å²) in [6, 6.07) is 0.582. The summed E-state index contributed by atoms with van der Waals surface area (Å²) >= 11 is 0. The molecular formula is C16H27NO2. The number of allylic oxidation sites excluding steroid dienone is 2. The van der Waals surface area contributed by atoms with Gasteiger partial charge in [0.15, 0.2) is 11.5 Å². The van der Waals surface area contributed by atoms with Gasteiger partial charge < -0.3 is 15.2 Å². The molecule has 0 aromatic carbocycles. The normalized spacial score (nSPS) is 19.6. The molecule has 2 N–H and O–H groups in total. The van der Waals surface area contributed by atoms with E-state index in [0.29, 0.717) is 18.3 Å². The summed E-state index contributed by atoms with van der Waals surface area (Å²) in [4.78, 5) is 0. The van der Waals surface area contributed by atoms with Crippen molar-refractivity contribution >= 4 is 0 Å². The lowest BCUT2D eigenvalue weighted by Crippen LogP contribution is -2.32. The molecule has 3 nitrogen and oxygen atoms in total. The second kappa shape index (κ2) is 8.81. The molecule has 108 valence electrons. The molecule has 0 amide bonds. The highest BCUT2D eigenvalue weighted by atomic mass is 16.5. The average Bonchev–Trinajstić information content (AvgIpc) is 2.45. The lowest BCUT2D eigenvalue weighted by molar-refractivity contribution is 0.253. The second-order valence-electron chi connectivity index (χ2n) is 4.95. The number of hydrogen-bond donors (Lipinski definition) is 2. The van der Waals surface area contributed by atoms with Crippen LogP contribution in [0.1, 0.15) is 46.0 Å². The van der Waals surface area contributed by atoms with Gasteiger partial charge in [0, 0.05) is 18.2 Å². The van der Waals surface area contributed by atoms with E-state index in [9.17, 15) is 5.11 Å². The number of aliphatic hydroxyl groups is 1. The summed E-state index contributed by atoms with van der Waals surface area (Å²) < 4.78 is 5.17. The van der Waals surface area contributed by atoms with Crippen molar-refractivity contribution in [3.8, 4) is 0 Å². The Morgan fingerprint density at radius 2 is 1.95 bits per heavy atom. The van der Waals surface area contributed by atoms with Gasteiger partial charge in [-0.15, -0.1) is 0 Å². The summed E-state index contributed by atoms with van der Waals surface area (Å²) in [5, 5.41) is 13.8. The summed E-state index contributed by atoms with van der Waals surface area (Å²) in [5.74, 6) is 0.755. The van der Waals surface area contributed by atoms with Gasteiger partial charge >= 0.3 is 0 Å². The molecule has 0 aromatic heterocycles. The highest BCUT2D eigenvalue weighted by Gasteiger charge is 2.14. The Bertz CT molecular complexity index is 350. The van der Waals surface area contributed by atoms with Crippen LogP contribution in [-0.2, 0) is 4.74 Å². The van der Waals surface area contributed by atoms with Crippen molar-refractivity contribution in [2.75, 3.05) is 13.7 Å². The molecule has 1 fully saturated rings. The Morgan fingerprint density at radius 1 is 1.26 bits per heavy atom. The monoisotopic (exact) mass is 265 g/mol. The molecule has 1 saturated carbocycles. The van der Waals surface area contributed by atoms with Crippen molar-refractivity contribution in [1.82, 2.24) is 5.32 Å². The number of ether oxygens (including phenoxy) is 1. The third-order valence-corrected chi connectivity index (χ3v) is 3.57. The van der Waals surface area contributed by atoms with Crippen molar-refractivity contribution in [1.29, 1.82) is 0 Å². The maximum atomic E-state index is 10.2. The fourth-order valence-electron chi connectivity index (χ4n) is 2.49. The zero-order valence-electron chi connectivity index (χ0n) is 12.4. The third kappa shape index (κ3) is 5.11. The predicted octanol–water partition coefficient (Wildman–Crippen LogP) is 3.85. The molecule has 0 heterocycles. The molecule has 3 heteroatoms. The van der Waals surface area contributed by atoms with E-state index in [2.05, 4.69) is 5.32 Å². The van der Waals surface area contributed by atoms with E-state index in [1.54, 1.807) is 13.2 Å². The second-order valence-corrected chi connectivity index (χ2v) is 4.95. The van der Waals surface area contributed by atoms with Gasteiger partial charge in [-0.05, 0) is 32.8 Å². The van der Waals surface area contributed by atoms with Crippen molar-refractivity contribution in [3.05, 3.63) is 35.3 Å². The fraction of sp³-hybridized carbons (Fsp3) is 0.625. The number of aliphatic hydroxyl groups excluding tert-OH is 1. The van der Waals surface area contributed by atoms with Gasteiger partial charge in [0.25, 0.3) is 0 Å². The van der Waals surface area contributed by atoms with Crippen LogP contribution in [0, 0.1) is 0 Å². The van der Waals surface area contributed by atoms with Crippen molar-refractivity contribution in [2.45, 2.75) is 52.0 Å². The first-order valence-electron chi connectivity index (χ1n) is 7.21. The van der Waals surface area contributed by atoms with Gasteiger partial charge in [0.2, 0.25) is 0 Å². The Kier molecular flexibility index (Phi) is 7.34. The first kappa shape index (κ1) is 15.8. The van der Waals surface area contributed by atoms with Gasteiger partial charge in [-0.1, -0.05) is 31.4 Å². The number of hydrogen-bond acceptors (Lipinski definition) is 3. The molecule has 0 aromatic rings. The molecule has 1 rings (SSSR count). The molecule has 0 radical (unpaired) electrons. The molecule has 0 saturated heterocycles. The van der Waals surface area contributed by atoms with E-state index >= 15 is 0 Å². The quantitative estimate of drug-likeness (QED) is 0.566. The largest absolute Gasteiger partial charge is 0.504 e. The van der Waals surface area contributed by atoms with E-state index in [1.807, 2.05) is 26.0 Å². The minimum absolute atomic E-state index is 0.228. The summed E-state index contributed by atoms with van der Waals surface area (Å²) in [6.45, 7) is 4.49. The zero-order valence-corrected chi connectivity index (χ0v) is 12.4.